The van der Waals surface area contributed by atoms with E-state index in [1.54, 1.807) is 0 Å². The lowest BCUT2D eigenvalue weighted by Crippen LogP contribution is -2.51. The van der Waals surface area contributed by atoms with Gasteiger partial charge in [0.15, 0.2) is 0 Å². The van der Waals surface area contributed by atoms with Crippen molar-refractivity contribution < 1.29 is 14.0 Å². The molecule has 0 spiro atoms. The van der Waals surface area contributed by atoms with E-state index in [-0.39, 0.29) is 12.1 Å². The van der Waals surface area contributed by atoms with Crippen molar-refractivity contribution in [3.05, 3.63) is 24.2 Å². The Kier molecular flexibility index (Phi) is 4.43. The number of furan rings is 1. The largest absolute Gasteiger partial charge is 0.472 e. The molecule has 104 valence electrons. The first-order valence-corrected chi connectivity index (χ1v) is 6.56. The lowest BCUT2D eigenvalue weighted by atomic mass is 9.86. The molecule has 0 unspecified atom stereocenters. The second-order valence-electron chi connectivity index (χ2n) is 4.93. The maximum absolute atomic E-state index is 11.7. The van der Waals surface area contributed by atoms with E-state index in [0.29, 0.717) is 11.5 Å². The molecule has 2 atom stereocenters. The summed E-state index contributed by atoms with van der Waals surface area (Å²) in [7, 11) is 0. The molecule has 2 rings (SSSR count). The lowest BCUT2D eigenvalue weighted by molar-refractivity contribution is 0.0934. The molecule has 0 aromatic carbocycles. The highest BCUT2D eigenvalue weighted by Gasteiger charge is 2.22. The predicted octanol–water partition coefficient (Wildman–Crippen LogP) is 1.80. The van der Waals surface area contributed by atoms with Crippen LogP contribution in [0, 0.1) is 5.92 Å². The smallest absolute Gasteiger partial charge is 0.333 e. The molecular formula is C13H19N3O3. The van der Waals surface area contributed by atoms with Crippen molar-refractivity contribution in [2.24, 2.45) is 5.92 Å². The molecule has 6 nitrogen and oxygen atoms in total. The number of hydrazine groups is 1. The number of hydrogen-bond acceptors (Lipinski definition) is 3. The van der Waals surface area contributed by atoms with Crippen LogP contribution < -0.4 is 16.2 Å². The van der Waals surface area contributed by atoms with Crippen LogP contribution in [0.1, 0.15) is 43.0 Å². The molecule has 19 heavy (non-hydrogen) atoms. The number of amides is 3. The molecule has 0 radical (unpaired) electrons. The van der Waals surface area contributed by atoms with Gasteiger partial charge in [0.05, 0.1) is 11.8 Å². The summed E-state index contributed by atoms with van der Waals surface area (Å²) in [5, 5.41) is 2.88. The van der Waals surface area contributed by atoms with Crippen LogP contribution in [0.3, 0.4) is 0 Å². The Morgan fingerprint density at radius 1 is 1.26 bits per heavy atom. The zero-order chi connectivity index (χ0) is 13.7. The summed E-state index contributed by atoms with van der Waals surface area (Å²) in [5.41, 5.74) is 5.04. The van der Waals surface area contributed by atoms with Crippen molar-refractivity contribution in [3.63, 3.8) is 0 Å². The van der Waals surface area contributed by atoms with Crippen LogP contribution in [0.15, 0.2) is 23.0 Å². The van der Waals surface area contributed by atoms with Crippen molar-refractivity contribution in [1.29, 1.82) is 0 Å². The average Bonchev–Trinajstić information content (AvgIpc) is 2.93. The molecule has 1 aliphatic rings. The van der Waals surface area contributed by atoms with Crippen LogP contribution in [-0.2, 0) is 0 Å². The molecule has 0 aliphatic heterocycles. The van der Waals surface area contributed by atoms with E-state index in [1.165, 1.54) is 25.0 Å². The van der Waals surface area contributed by atoms with Gasteiger partial charge in [0.2, 0.25) is 0 Å². The van der Waals surface area contributed by atoms with E-state index in [9.17, 15) is 9.59 Å². The van der Waals surface area contributed by atoms with E-state index >= 15 is 0 Å². The zero-order valence-electron chi connectivity index (χ0n) is 10.9. The van der Waals surface area contributed by atoms with Crippen molar-refractivity contribution in [2.75, 3.05) is 0 Å². The fraction of sp³-hybridized carbons (Fsp3) is 0.538. The molecule has 3 N–H and O–H groups in total. The minimum Gasteiger partial charge on any atom is -0.472 e. The van der Waals surface area contributed by atoms with Gasteiger partial charge < -0.3 is 9.73 Å². The van der Waals surface area contributed by atoms with E-state index in [4.69, 9.17) is 4.42 Å². The summed E-state index contributed by atoms with van der Waals surface area (Å²) in [4.78, 5) is 23.2. The average molecular weight is 265 g/mol. The van der Waals surface area contributed by atoms with Crippen LogP contribution >= 0.6 is 0 Å². The molecule has 1 aliphatic carbocycles. The second kappa shape index (κ2) is 6.26. The normalized spacial score (nSPS) is 22.6. The second-order valence-corrected chi connectivity index (χ2v) is 4.93. The van der Waals surface area contributed by atoms with Crippen molar-refractivity contribution in [2.45, 2.75) is 38.6 Å². The Morgan fingerprint density at radius 3 is 2.74 bits per heavy atom. The molecule has 6 heteroatoms. The van der Waals surface area contributed by atoms with Gasteiger partial charge in [0.1, 0.15) is 6.26 Å². The SMILES string of the molecule is C[C@@H]1CCCC[C@@H]1NC(=O)NNC(=O)c1ccoc1. The van der Waals surface area contributed by atoms with Gasteiger partial charge in [0.25, 0.3) is 5.91 Å². The fourth-order valence-corrected chi connectivity index (χ4v) is 2.31. The minimum absolute atomic E-state index is 0.180. The molecule has 1 fully saturated rings. The monoisotopic (exact) mass is 265 g/mol. The van der Waals surface area contributed by atoms with Crippen LogP contribution in [0.4, 0.5) is 4.79 Å². The number of urea groups is 1. The van der Waals surface area contributed by atoms with E-state index in [1.807, 2.05) is 0 Å². The Morgan fingerprint density at radius 2 is 2.05 bits per heavy atom. The molecule has 3 amide bonds. The highest BCUT2D eigenvalue weighted by atomic mass is 16.3. The van der Waals surface area contributed by atoms with E-state index in [2.05, 4.69) is 23.1 Å². The van der Waals surface area contributed by atoms with Gasteiger partial charge in [-0.2, -0.15) is 0 Å². The Bertz CT molecular complexity index is 430. The van der Waals surface area contributed by atoms with Gasteiger partial charge >= 0.3 is 6.03 Å². The van der Waals surface area contributed by atoms with Gasteiger partial charge in [0, 0.05) is 6.04 Å². The van der Waals surface area contributed by atoms with Crippen molar-refractivity contribution >= 4 is 11.9 Å². The first-order valence-electron chi connectivity index (χ1n) is 6.56. The summed E-state index contributed by atoms with van der Waals surface area (Å²) < 4.78 is 4.79. The van der Waals surface area contributed by atoms with Gasteiger partial charge in [-0.05, 0) is 24.8 Å². The lowest BCUT2D eigenvalue weighted by Gasteiger charge is -2.29. The number of rotatable bonds is 2. The van der Waals surface area contributed by atoms with Crippen LogP contribution in [0.25, 0.3) is 0 Å². The van der Waals surface area contributed by atoms with Crippen LogP contribution in [0.5, 0.6) is 0 Å². The number of carbonyl (C=O) groups is 2. The summed E-state index contributed by atoms with van der Waals surface area (Å²) in [6.45, 7) is 2.13. The quantitative estimate of drug-likeness (QED) is 0.713. The molecule has 0 saturated heterocycles. The number of nitrogens with one attached hydrogen (secondary N) is 3. The molecular weight excluding hydrogens is 246 g/mol. The van der Waals surface area contributed by atoms with Crippen molar-refractivity contribution in [3.8, 4) is 0 Å². The van der Waals surface area contributed by atoms with E-state index < -0.39 is 5.91 Å². The zero-order valence-corrected chi connectivity index (χ0v) is 10.9. The topological polar surface area (TPSA) is 83.4 Å². The Labute approximate surface area is 111 Å². The van der Waals surface area contributed by atoms with Gasteiger partial charge in [-0.3, -0.25) is 10.2 Å². The third-order valence-electron chi connectivity index (χ3n) is 3.50. The summed E-state index contributed by atoms with van der Waals surface area (Å²) in [5.74, 6) is 0.0738. The summed E-state index contributed by atoms with van der Waals surface area (Å²) in [6.07, 6.45) is 7.20. The third-order valence-corrected chi connectivity index (χ3v) is 3.50. The molecule has 1 aromatic heterocycles. The number of hydrogen-bond donors (Lipinski definition) is 3. The number of carbonyl (C=O) groups excluding carboxylic acids is 2. The fourth-order valence-electron chi connectivity index (χ4n) is 2.31. The Balaban J connectivity index is 1.74. The molecule has 1 heterocycles. The third kappa shape index (κ3) is 3.74. The first kappa shape index (κ1) is 13.5. The standard InChI is InChI=1S/C13H19N3O3/c1-9-4-2-3-5-11(9)14-13(18)16-15-12(17)10-6-7-19-8-10/h6-9,11H,2-5H2,1H3,(H,15,17)(H2,14,16,18)/t9-,11+/m1/s1. The highest BCUT2D eigenvalue weighted by molar-refractivity contribution is 5.94. The maximum Gasteiger partial charge on any atom is 0.333 e. The first-order chi connectivity index (χ1) is 9.16. The van der Waals surface area contributed by atoms with Gasteiger partial charge in [-0.15, -0.1) is 0 Å². The van der Waals surface area contributed by atoms with Gasteiger partial charge in [-0.1, -0.05) is 19.8 Å². The summed E-state index contributed by atoms with van der Waals surface area (Å²) >= 11 is 0. The van der Waals surface area contributed by atoms with E-state index in [0.717, 1.165) is 19.3 Å². The maximum atomic E-state index is 11.7. The summed E-state index contributed by atoms with van der Waals surface area (Å²) in [6, 6.07) is 1.33. The highest BCUT2D eigenvalue weighted by Crippen LogP contribution is 2.23. The predicted molar refractivity (Wildman–Crippen MR) is 69.3 cm³/mol. The van der Waals surface area contributed by atoms with Crippen LogP contribution in [0.2, 0.25) is 0 Å². The Hall–Kier alpha value is -1.98. The molecule has 1 saturated carbocycles. The minimum atomic E-state index is -0.402. The van der Waals surface area contributed by atoms with Crippen molar-refractivity contribution in [1.82, 2.24) is 16.2 Å². The molecule has 1 aromatic rings. The van der Waals surface area contributed by atoms with Crippen LogP contribution in [-0.4, -0.2) is 18.0 Å². The van der Waals surface area contributed by atoms with Gasteiger partial charge in [-0.25, -0.2) is 10.2 Å². The molecule has 0 bridgehead atoms.